The van der Waals surface area contributed by atoms with Crippen molar-refractivity contribution < 1.29 is 35.9 Å². The normalized spacial score (nSPS) is 25.3. The molecule has 2 aliphatic heterocycles. The topological polar surface area (TPSA) is 103 Å². The Balaban J connectivity index is 1.58. The summed E-state index contributed by atoms with van der Waals surface area (Å²) in [5.74, 6) is -1.53. The van der Waals surface area contributed by atoms with Crippen LogP contribution in [0.25, 0.3) is 0 Å². The third-order valence-corrected chi connectivity index (χ3v) is 6.69. The highest BCUT2D eigenvalue weighted by Gasteiger charge is 2.47. The minimum absolute atomic E-state index is 0.157. The van der Waals surface area contributed by atoms with Crippen molar-refractivity contribution >= 4 is 16.1 Å². The molecule has 0 radical (unpaired) electrons. The van der Waals surface area contributed by atoms with Gasteiger partial charge >= 0.3 is 6.09 Å². The van der Waals surface area contributed by atoms with Gasteiger partial charge in [0.2, 0.25) is 0 Å². The van der Waals surface area contributed by atoms with Crippen LogP contribution in [-0.2, 0) is 32.6 Å². The second-order valence-electron chi connectivity index (χ2n) is 9.75. The first-order valence-electron chi connectivity index (χ1n) is 10.9. The van der Waals surface area contributed by atoms with Crippen LogP contribution in [-0.4, -0.2) is 65.3 Å². The van der Waals surface area contributed by atoms with E-state index in [-0.39, 0.29) is 25.3 Å². The number of hydrogen-bond donors (Lipinski definition) is 1. The number of nitrogens with one attached hydrogen (secondary N) is 1. The zero-order chi connectivity index (χ0) is 25.7. The molecule has 1 aromatic carbocycles. The maximum absolute atomic E-state index is 16.0. The van der Waals surface area contributed by atoms with Crippen LogP contribution in [0.3, 0.4) is 0 Å². The van der Waals surface area contributed by atoms with E-state index >= 15 is 4.39 Å². The van der Waals surface area contributed by atoms with E-state index in [0.29, 0.717) is 11.3 Å². The first kappa shape index (κ1) is 25.5. The summed E-state index contributed by atoms with van der Waals surface area (Å²) in [5.41, 5.74) is 0.0175. The molecule has 0 spiro atoms. The number of fused-ring (bicyclic) bond motifs is 1. The number of hydrogen-bond acceptors (Lipinski definition) is 7. The van der Waals surface area contributed by atoms with Gasteiger partial charge in [0.05, 0.1) is 30.6 Å². The lowest BCUT2D eigenvalue weighted by Crippen LogP contribution is -2.59. The number of alkyl carbamates (subject to hydrolysis) is 1. The van der Waals surface area contributed by atoms with E-state index in [4.69, 9.17) is 9.47 Å². The van der Waals surface area contributed by atoms with Gasteiger partial charge in [0.15, 0.2) is 0 Å². The van der Waals surface area contributed by atoms with Crippen LogP contribution >= 0.6 is 0 Å². The fourth-order valence-electron chi connectivity index (χ4n) is 4.28. The molecule has 3 heterocycles. The predicted molar refractivity (Wildman–Crippen MR) is 119 cm³/mol. The molecule has 2 aliphatic rings. The van der Waals surface area contributed by atoms with E-state index in [0.717, 1.165) is 28.5 Å². The maximum atomic E-state index is 16.0. The number of alkyl halides is 1. The summed E-state index contributed by atoms with van der Waals surface area (Å²) in [5, 5.41) is 6.51. The molecule has 2 aromatic rings. The smallest absolute Gasteiger partial charge is 0.408 e. The fraction of sp³-hybridized carbons (Fsp3) is 0.545. The predicted octanol–water partition coefficient (Wildman–Crippen LogP) is 2.66. The van der Waals surface area contributed by atoms with E-state index in [1.54, 1.807) is 25.7 Å². The zero-order valence-corrected chi connectivity index (χ0v) is 20.5. The Kier molecular flexibility index (Phi) is 6.62. The molecule has 9 nitrogen and oxygen atoms in total. The van der Waals surface area contributed by atoms with Crippen molar-refractivity contribution in [3.05, 3.63) is 52.9 Å². The molecule has 1 fully saturated rings. The van der Waals surface area contributed by atoms with Crippen molar-refractivity contribution in [1.82, 2.24) is 19.4 Å². The summed E-state index contributed by atoms with van der Waals surface area (Å²) in [7, 11) is -3.56. The van der Waals surface area contributed by atoms with Crippen LogP contribution < -0.4 is 5.32 Å². The molecule has 13 heteroatoms. The number of halogens is 3. The first-order chi connectivity index (χ1) is 16.2. The summed E-state index contributed by atoms with van der Waals surface area (Å²) >= 11 is 0. The molecule has 4 atom stereocenters. The summed E-state index contributed by atoms with van der Waals surface area (Å²) in [6, 6.07) is 0.506. The van der Waals surface area contributed by atoms with Gasteiger partial charge in [-0.25, -0.2) is 26.4 Å². The van der Waals surface area contributed by atoms with Gasteiger partial charge in [-0.1, -0.05) is 0 Å². The Hall–Kier alpha value is -2.64. The maximum Gasteiger partial charge on any atom is 0.408 e. The molecule has 0 aliphatic carbocycles. The van der Waals surface area contributed by atoms with Crippen molar-refractivity contribution in [2.75, 3.05) is 12.9 Å². The summed E-state index contributed by atoms with van der Waals surface area (Å²) in [4.78, 5) is 14.2. The van der Waals surface area contributed by atoms with E-state index in [9.17, 15) is 22.0 Å². The average molecular weight is 517 g/mol. The Morgan fingerprint density at radius 1 is 1.26 bits per heavy atom. The lowest BCUT2D eigenvalue weighted by atomic mass is 9.91. The quantitative estimate of drug-likeness (QED) is 0.667. The van der Waals surface area contributed by atoms with Gasteiger partial charge in [0.1, 0.15) is 29.5 Å². The Bertz CT molecular complexity index is 1210. The number of ether oxygens (including phenoxy) is 2. The van der Waals surface area contributed by atoms with E-state index in [1.165, 1.54) is 6.20 Å². The van der Waals surface area contributed by atoms with Crippen LogP contribution in [0.5, 0.6) is 0 Å². The highest BCUT2D eigenvalue weighted by atomic mass is 32.2. The van der Waals surface area contributed by atoms with E-state index < -0.39 is 57.7 Å². The Labute approximate surface area is 201 Å². The van der Waals surface area contributed by atoms with Gasteiger partial charge in [-0.05, 0) is 39.0 Å². The number of nitrogens with zero attached hydrogens (tertiary/aromatic N) is 3. The standard InChI is InChI=1S/C22H27F3N4O5S/c1-22(2,3)34-21(30)26-19-18(25)17(11-33-20(19)14-7-13(23)5-6-15(14)24)28-8-12-9-29(35(4,31)32)27-16(12)10-28/h5-7,9,17-20H,8,10-11H2,1-4H3,(H,26,30)/t17-,18-,19-,20+/m0/s1. The van der Waals surface area contributed by atoms with E-state index in [1.807, 2.05) is 0 Å². The number of rotatable bonds is 4. The van der Waals surface area contributed by atoms with Crippen LogP contribution in [0.4, 0.5) is 18.0 Å². The second-order valence-corrected chi connectivity index (χ2v) is 11.6. The van der Waals surface area contributed by atoms with Crippen LogP contribution in [0.1, 0.15) is 43.7 Å². The third kappa shape index (κ3) is 5.46. The molecule has 0 saturated carbocycles. The number of amides is 1. The van der Waals surface area contributed by atoms with Gasteiger partial charge in [0.25, 0.3) is 10.0 Å². The largest absolute Gasteiger partial charge is 0.444 e. The number of carbonyl (C=O) groups excluding carboxylic acids is 1. The summed E-state index contributed by atoms with van der Waals surface area (Å²) in [6.45, 7) is 5.11. The minimum Gasteiger partial charge on any atom is -0.444 e. The molecule has 1 amide bonds. The van der Waals surface area contributed by atoms with Crippen LogP contribution in [0, 0.1) is 11.6 Å². The molecular formula is C22H27F3N4O5S. The monoisotopic (exact) mass is 516 g/mol. The highest BCUT2D eigenvalue weighted by molar-refractivity contribution is 7.89. The molecule has 1 saturated heterocycles. The van der Waals surface area contributed by atoms with Crippen molar-refractivity contribution in [1.29, 1.82) is 0 Å². The van der Waals surface area contributed by atoms with Crippen LogP contribution in [0.15, 0.2) is 24.4 Å². The average Bonchev–Trinajstić information content (AvgIpc) is 3.29. The molecule has 0 unspecified atom stereocenters. The number of aromatic nitrogens is 2. The highest BCUT2D eigenvalue weighted by Crippen LogP contribution is 2.36. The summed E-state index contributed by atoms with van der Waals surface area (Å²) < 4.78 is 79.8. The molecule has 1 N–H and O–H groups in total. The molecule has 0 bridgehead atoms. The SMILES string of the molecule is CC(C)(C)OC(=O)N[C@H]1[C@@H](F)[C@@H](N2Cc3cn(S(C)(=O)=O)nc3C2)CO[C@@H]1c1cc(F)ccc1F. The molecule has 1 aromatic heterocycles. The Morgan fingerprint density at radius 2 is 1.97 bits per heavy atom. The third-order valence-electron chi connectivity index (χ3n) is 5.82. The van der Waals surface area contributed by atoms with Crippen molar-refractivity contribution in [2.24, 2.45) is 0 Å². The van der Waals surface area contributed by atoms with Gasteiger partial charge < -0.3 is 14.8 Å². The minimum atomic E-state index is -3.56. The second kappa shape index (κ2) is 9.10. The number of carbonyl (C=O) groups is 1. The lowest BCUT2D eigenvalue weighted by molar-refractivity contribution is -0.102. The van der Waals surface area contributed by atoms with Crippen molar-refractivity contribution in [2.45, 2.75) is 63.8 Å². The van der Waals surface area contributed by atoms with Crippen LogP contribution in [0.2, 0.25) is 0 Å². The van der Waals surface area contributed by atoms with E-state index in [2.05, 4.69) is 10.4 Å². The molecule has 192 valence electrons. The zero-order valence-electron chi connectivity index (χ0n) is 19.7. The lowest BCUT2D eigenvalue weighted by Gasteiger charge is -2.43. The van der Waals surface area contributed by atoms with Gasteiger partial charge in [-0.15, -0.1) is 0 Å². The van der Waals surface area contributed by atoms with Gasteiger partial charge in [-0.2, -0.15) is 9.19 Å². The fourth-order valence-corrected chi connectivity index (χ4v) is 4.85. The van der Waals surface area contributed by atoms with Gasteiger partial charge in [0, 0.05) is 30.4 Å². The molecule has 35 heavy (non-hydrogen) atoms. The van der Waals surface area contributed by atoms with Crippen molar-refractivity contribution in [3.63, 3.8) is 0 Å². The first-order valence-corrected chi connectivity index (χ1v) is 12.8. The Morgan fingerprint density at radius 3 is 2.60 bits per heavy atom. The molecule has 4 rings (SSSR count). The molecular weight excluding hydrogens is 489 g/mol. The number of benzene rings is 1. The van der Waals surface area contributed by atoms with Crippen molar-refractivity contribution in [3.8, 4) is 0 Å². The van der Waals surface area contributed by atoms with Gasteiger partial charge in [-0.3, -0.25) is 4.90 Å². The summed E-state index contributed by atoms with van der Waals surface area (Å²) in [6.07, 6.45) is -1.58.